The van der Waals surface area contributed by atoms with E-state index in [1.165, 1.54) is 7.11 Å². The normalized spacial score (nSPS) is 19.5. The molecular formula is C12H12O3. The number of benzene rings is 1. The summed E-state index contributed by atoms with van der Waals surface area (Å²) in [6, 6.07) is 7.54. The van der Waals surface area contributed by atoms with Crippen LogP contribution in [0.15, 0.2) is 24.3 Å². The topological polar surface area (TPSA) is 43.4 Å². The number of hydrogen-bond donors (Lipinski definition) is 0. The number of aryl methyl sites for hydroxylation is 1. The maximum atomic E-state index is 11.7. The summed E-state index contributed by atoms with van der Waals surface area (Å²) in [7, 11) is 1.31. The van der Waals surface area contributed by atoms with E-state index in [1.54, 1.807) is 0 Å². The van der Waals surface area contributed by atoms with Crippen LogP contribution in [-0.4, -0.2) is 18.9 Å². The lowest BCUT2D eigenvalue weighted by Crippen LogP contribution is -2.28. The highest BCUT2D eigenvalue weighted by Gasteiger charge is 2.33. The highest BCUT2D eigenvalue weighted by atomic mass is 16.5. The summed E-state index contributed by atoms with van der Waals surface area (Å²) >= 11 is 0. The van der Waals surface area contributed by atoms with Gasteiger partial charge in [0.05, 0.1) is 7.11 Å². The first-order valence-corrected chi connectivity index (χ1v) is 4.92. The third-order valence-corrected chi connectivity index (χ3v) is 2.77. The molecule has 0 saturated heterocycles. The smallest absolute Gasteiger partial charge is 0.320 e. The van der Waals surface area contributed by atoms with E-state index in [1.807, 2.05) is 24.3 Å². The second kappa shape index (κ2) is 3.85. The molecule has 3 nitrogen and oxygen atoms in total. The van der Waals surface area contributed by atoms with Gasteiger partial charge in [-0.1, -0.05) is 24.3 Å². The molecule has 0 spiro atoms. The van der Waals surface area contributed by atoms with Crippen LogP contribution in [0, 0.1) is 0 Å². The van der Waals surface area contributed by atoms with Gasteiger partial charge in [0.15, 0.2) is 5.78 Å². The fourth-order valence-corrected chi connectivity index (χ4v) is 2.00. The van der Waals surface area contributed by atoms with Crippen molar-refractivity contribution in [3.8, 4) is 0 Å². The number of ether oxygens (including phenoxy) is 1. The van der Waals surface area contributed by atoms with Gasteiger partial charge in [0, 0.05) is 6.42 Å². The van der Waals surface area contributed by atoms with E-state index in [0.717, 1.165) is 17.5 Å². The summed E-state index contributed by atoms with van der Waals surface area (Å²) < 4.78 is 4.66. The molecular weight excluding hydrogens is 192 g/mol. The molecule has 0 aromatic heterocycles. The molecule has 1 aliphatic rings. The molecule has 0 N–H and O–H groups in total. The summed E-state index contributed by atoms with van der Waals surface area (Å²) in [4.78, 5) is 23.2. The van der Waals surface area contributed by atoms with Crippen molar-refractivity contribution >= 4 is 11.8 Å². The monoisotopic (exact) mass is 204 g/mol. The van der Waals surface area contributed by atoms with Gasteiger partial charge in [-0.25, -0.2) is 0 Å². The standard InChI is InChI=1S/C12H12O3/c1-15-12(14)11-9-5-3-2-4-8(9)6-7-10(11)13/h2-5,11H,6-7H2,1H3. The van der Waals surface area contributed by atoms with Crippen LogP contribution in [-0.2, 0) is 20.7 Å². The van der Waals surface area contributed by atoms with Crippen LogP contribution in [0.1, 0.15) is 23.5 Å². The van der Waals surface area contributed by atoms with Crippen molar-refractivity contribution in [2.75, 3.05) is 7.11 Å². The van der Waals surface area contributed by atoms with Crippen LogP contribution in [0.3, 0.4) is 0 Å². The highest BCUT2D eigenvalue weighted by molar-refractivity contribution is 6.05. The summed E-state index contributed by atoms with van der Waals surface area (Å²) in [5.41, 5.74) is 1.88. The minimum Gasteiger partial charge on any atom is -0.468 e. The lowest BCUT2D eigenvalue weighted by molar-refractivity contribution is -0.146. The number of methoxy groups -OCH3 is 1. The summed E-state index contributed by atoms with van der Waals surface area (Å²) in [5.74, 6) is -1.20. The number of Topliss-reactive ketones (excluding diaryl/α,β-unsaturated/α-hetero) is 1. The summed E-state index contributed by atoms with van der Waals surface area (Å²) in [5, 5.41) is 0. The van der Waals surface area contributed by atoms with Crippen molar-refractivity contribution in [3.05, 3.63) is 35.4 Å². The van der Waals surface area contributed by atoms with Gasteiger partial charge < -0.3 is 4.74 Å². The average molecular weight is 204 g/mol. The molecule has 1 aromatic carbocycles. The molecule has 0 heterocycles. The Kier molecular flexibility index (Phi) is 2.54. The molecule has 0 saturated carbocycles. The average Bonchev–Trinajstić information content (AvgIpc) is 2.28. The van der Waals surface area contributed by atoms with E-state index in [2.05, 4.69) is 4.74 Å². The van der Waals surface area contributed by atoms with Crippen molar-refractivity contribution < 1.29 is 14.3 Å². The van der Waals surface area contributed by atoms with Crippen molar-refractivity contribution in [2.45, 2.75) is 18.8 Å². The predicted octanol–water partition coefficient (Wildman–Crippen LogP) is 1.46. The van der Waals surface area contributed by atoms with Gasteiger partial charge in [-0.2, -0.15) is 0 Å². The first kappa shape index (κ1) is 9.90. The van der Waals surface area contributed by atoms with Crippen LogP contribution in [0.4, 0.5) is 0 Å². The van der Waals surface area contributed by atoms with Gasteiger partial charge in [-0.3, -0.25) is 9.59 Å². The zero-order valence-corrected chi connectivity index (χ0v) is 8.53. The second-order valence-electron chi connectivity index (χ2n) is 3.62. The van der Waals surface area contributed by atoms with Crippen LogP contribution in [0.5, 0.6) is 0 Å². The van der Waals surface area contributed by atoms with E-state index in [4.69, 9.17) is 0 Å². The maximum Gasteiger partial charge on any atom is 0.320 e. The molecule has 1 aliphatic carbocycles. The summed E-state index contributed by atoms with van der Waals surface area (Å²) in [6.45, 7) is 0. The van der Waals surface area contributed by atoms with Crippen LogP contribution < -0.4 is 0 Å². The molecule has 1 aromatic rings. The van der Waals surface area contributed by atoms with Crippen LogP contribution in [0.25, 0.3) is 0 Å². The Morgan fingerprint density at radius 2 is 2.07 bits per heavy atom. The molecule has 1 unspecified atom stereocenters. The molecule has 1 atom stereocenters. The minimum absolute atomic E-state index is 0.0412. The number of esters is 1. The summed E-state index contributed by atoms with van der Waals surface area (Å²) in [6.07, 6.45) is 1.15. The molecule has 78 valence electrons. The number of carbonyl (C=O) groups is 2. The number of hydrogen-bond acceptors (Lipinski definition) is 3. The molecule has 0 amide bonds. The Hall–Kier alpha value is -1.64. The molecule has 0 aliphatic heterocycles. The largest absolute Gasteiger partial charge is 0.468 e. The predicted molar refractivity (Wildman–Crippen MR) is 54.5 cm³/mol. The van der Waals surface area contributed by atoms with Gasteiger partial charge >= 0.3 is 5.97 Å². The van der Waals surface area contributed by atoms with E-state index < -0.39 is 11.9 Å². The fraction of sp³-hybridized carbons (Fsp3) is 0.333. The number of ketones is 1. The third kappa shape index (κ3) is 1.65. The van der Waals surface area contributed by atoms with Gasteiger partial charge in [-0.15, -0.1) is 0 Å². The maximum absolute atomic E-state index is 11.7. The Morgan fingerprint density at radius 3 is 2.80 bits per heavy atom. The molecule has 0 bridgehead atoms. The molecule has 15 heavy (non-hydrogen) atoms. The Bertz CT molecular complexity index is 409. The quantitative estimate of drug-likeness (QED) is 0.513. The highest BCUT2D eigenvalue weighted by Crippen LogP contribution is 2.29. The molecule has 2 rings (SSSR count). The molecule has 0 radical (unpaired) electrons. The Labute approximate surface area is 88.1 Å². The number of carbonyl (C=O) groups excluding carboxylic acids is 2. The fourth-order valence-electron chi connectivity index (χ4n) is 2.00. The Morgan fingerprint density at radius 1 is 1.33 bits per heavy atom. The van der Waals surface area contributed by atoms with Crippen molar-refractivity contribution in [2.24, 2.45) is 0 Å². The first-order valence-electron chi connectivity index (χ1n) is 4.92. The van der Waals surface area contributed by atoms with E-state index >= 15 is 0 Å². The second-order valence-corrected chi connectivity index (χ2v) is 3.62. The zero-order valence-electron chi connectivity index (χ0n) is 8.53. The van der Waals surface area contributed by atoms with Gasteiger partial charge in [0.1, 0.15) is 5.92 Å². The third-order valence-electron chi connectivity index (χ3n) is 2.77. The van der Waals surface area contributed by atoms with E-state index in [-0.39, 0.29) is 5.78 Å². The van der Waals surface area contributed by atoms with Crippen molar-refractivity contribution in [1.82, 2.24) is 0 Å². The minimum atomic E-state index is -0.708. The van der Waals surface area contributed by atoms with E-state index in [9.17, 15) is 9.59 Å². The van der Waals surface area contributed by atoms with Gasteiger partial charge in [0.2, 0.25) is 0 Å². The van der Waals surface area contributed by atoms with Gasteiger partial charge in [0.25, 0.3) is 0 Å². The van der Waals surface area contributed by atoms with E-state index in [0.29, 0.717) is 6.42 Å². The van der Waals surface area contributed by atoms with Gasteiger partial charge in [-0.05, 0) is 17.5 Å². The van der Waals surface area contributed by atoms with Crippen molar-refractivity contribution in [3.63, 3.8) is 0 Å². The van der Waals surface area contributed by atoms with Crippen LogP contribution in [0.2, 0.25) is 0 Å². The zero-order chi connectivity index (χ0) is 10.8. The van der Waals surface area contributed by atoms with Crippen molar-refractivity contribution in [1.29, 1.82) is 0 Å². The number of rotatable bonds is 1. The molecule has 3 heteroatoms. The SMILES string of the molecule is COC(=O)C1C(=O)CCc2ccccc21. The molecule has 0 fully saturated rings. The first-order chi connectivity index (χ1) is 7.24. The number of fused-ring (bicyclic) bond motifs is 1. The van der Waals surface area contributed by atoms with Crippen LogP contribution >= 0.6 is 0 Å². The Balaban J connectivity index is 2.46. The lowest BCUT2D eigenvalue weighted by atomic mass is 9.82. The lowest BCUT2D eigenvalue weighted by Gasteiger charge is -2.22.